The molecule has 1 amide bonds. The quantitative estimate of drug-likeness (QED) is 0.625. The van der Waals surface area contributed by atoms with E-state index in [-0.39, 0.29) is 0 Å². The summed E-state index contributed by atoms with van der Waals surface area (Å²) in [6, 6.07) is 0.826. The summed E-state index contributed by atoms with van der Waals surface area (Å²) in [7, 11) is -1.20. The van der Waals surface area contributed by atoms with E-state index >= 15 is 0 Å². The molecule has 76 valence electrons. The molecule has 0 aromatic heterocycles. The van der Waals surface area contributed by atoms with Gasteiger partial charge >= 0.3 is 0 Å². The summed E-state index contributed by atoms with van der Waals surface area (Å²) in [6.07, 6.45) is 3.71. The van der Waals surface area contributed by atoms with Gasteiger partial charge in [0.1, 0.15) is 0 Å². The van der Waals surface area contributed by atoms with Gasteiger partial charge in [0, 0.05) is 19.1 Å². The topological polar surface area (TPSA) is 20.3 Å². The molecule has 1 aliphatic rings. The van der Waals surface area contributed by atoms with E-state index in [1.165, 1.54) is 19.3 Å². The Bertz CT molecular complexity index is 180. The monoisotopic (exact) mass is 199 g/mol. The lowest BCUT2D eigenvalue weighted by molar-refractivity contribution is -0.129. The number of amides is 1. The first-order valence-corrected chi connectivity index (χ1v) is 8.97. The molecule has 1 aliphatic heterocycles. The van der Waals surface area contributed by atoms with Crippen LogP contribution < -0.4 is 0 Å². The Morgan fingerprint density at radius 2 is 1.69 bits per heavy atom. The SMILES string of the molecule is C[Si](C)(C)CC(=O)N1CCCCC1. The zero-order valence-electron chi connectivity index (χ0n) is 9.10. The number of rotatable bonds is 2. The first-order valence-electron chi connectivity index (χ1n) is 5.27. The van der Waals surface area contributed by atoms with Crippen molar-refractivity contribution in [1.29, 1.82) is 0 Å². The predicted octanol–water partition coefficient (Wildman–Crippen LogP) is 2.34. The Kier molecular flexibility index (Phi) is 3.53. The molecule has 0 aromatic carbocycles. The summed E-state index contributed by atoms with van der Waals surface area (Å²) in [5, 5.41) is 0. The van der Waals surface area contributed by atoms with E-state index in [2.05, 4.69) is 24.5 Å². The van der Waals surface area contributed by atoms with E-state index in [0.717, 1.165) is 19.1 Å². The zero-order valence-corrected chi connectivity index (χ0v) is 10.1. The van der Waals surface area contributed by atoms with Crippen LogP contribution in [0.25, 0.3) is 0 Å². The maximum atomic E-state index is 11.8. The molecule has 0 bridgehead atoms. The van der Waals surface area contributed by atoms with Crippen molar-refractivity contribution < 1.29 is 4.79 Å². The van der Waals surface area contributed by atoms with Crippen LogP contribution in [0.1, 0.15) is 19.3 Å². The minimum absolute atomic E-state index is 0.402. The van der Waals surface area contributed by atoms with Gasteiger partial charge in [-0.2, -0.15) is 0 Å². The van der Waals surface area contributed by atoms with E-state index in [0.29, 0.717) is 5.91 Å². The molecule has 0 spiro atoms. The molecule has 13 heavy (non-hydrogen) atoms. The Morgan fingerprint density at radius 3 is 2.15 bits per heavy atom. The fraction of sp³-hybridized carbons (Fsp3) is 0.900. The average molecular weight is 199 g/mol. The van der Waals surface area contributed by atoms with E-state index in [4.69, 9.17) is 0 Å². The number of carbonyl (C=O) groups excluding carboxylic acids is 1. The third-order valence-electron chi connectivity index (χ3n) is 2.39. The Labute approximate surface area is 82.3 Å². The van der Waals surface area contributed by atoms with Crippen molar-refractivity contribution in [2.24, 2.45) is 0 Å². The molecule has 3 heteroatoms. The molecule has 0 atom stereocenters. The van der Waals surface area contributed by atoms with E-state index in [1.807, 2.05) is 0 Å². The van der Waals surface area contributed by atoms with E-state index in [9.17, 15) is 4.79 Å². The highest BCUT2D eigenvalue weighted by atomic mass is 28.3. The van der Waals surface area contributed by atoms with Crippen LogP contribution in [-0.4, -0.2) is 32.0 Å². The van der Waals surface area contributed by atoms with Gasteiger partial charge in [-0.15, -0.1) is 0 Å². The number of hydrogen-bond donors (Lipinski definition) is 0. The highest BCUT2D eigenvalue weighted by Gasteiger charge is 2.23. The number of piperidine rings is 1. The van der Waals surface area contributed by atoms with Crippen LogP contribution >= 0.6 is 0 Å². The fourth-order valence-corrected chi connectivity index (χ4v) is 2.84. The number of likely N-dealkylation sites (tertiary alicyclic amines) is 1. The van der Waals surface area contributed by atoms with Crippen molar-refractivity contribution in [3.8, 4) is 0 Å². The predicted molar refractivity (Wildman–Crippen MR) is 58.6 cm³/mol. The first-order chi connectivity index (χ1) is 5.99. The van der Waals surface area contributed by atoms with Crippen molar-refractivity contribution in [2.45, 2.75) is 44.9 Å². The minimum Gasteiger partial charge on any atom is -0.343 e. The van der Waals surface area contributed by atoms with Crippen molar-refractivity contribution in [3.05, 3.63) is 0 Å². The van der Waals surface area contributed by atoms with Crippen LogP contribution in [0.15, 0.2) is 0 Å². The summed E-state index contributed by atoms with van der Waals surface area (Å²) >= 11 is 0. The van der Waals surface area contributed by atoms with Crippen molar-refractivity contribution in [1.82, 2.24) is 4.90 Å². The number of hydrogen-bond acceptors (Lipinski definition) is 1. The van der Waals surface area contributed by atoms with Crippen LogP contribution in [0.5, 0.6) is 0 Å². The first kappa shape index (κ1) is 10.8. The third-order valence-corrected chi connectivity index (χ3v) is 3.75. The normalized spacial score (nSPS) is 18.8. The molecule has 1 fully saturated rings. The number of nitrogens with zero attached hydrogens (tertiary/aromatic N) is 1. The Balaban J connectivity index is 2.38. The highest BCUT2D eigenvalue weighted by molar-refractivity contribution is 6.78. The van der Waals surface area contributed by atoms with Gasteiger partial charge in [0.25, 0.3) is 0 Å². The van der Waals surface area contributed by atoms with Gasteiger partial charge in [-0.3, -0.25) is 4.79 Å². The molecule has 0 aliphatic carbocycles. The summed E-state index contributed by atoms with van der Waals surface area (Å²) in [6.45, 7) is 8.78. The van der Waals surface area contributed by atoms with Crippen LogP contribution in [0, 0.1) is 0 Å². The van der Waals surface area contributed by atoms with Crippen LogP contribution in [-0.2, 0) is 4.79 Å². The van der Waals surface area contributed by atoms with Gasteiger partial charge in [-0.25, -0.2) is 0 Å². The minimum atomic E-state index is -1.20. The summed E-state index contributed by atoms with van der Waals surface area (Å²) in [5.41, 5.74) is 0. The van der Waals surface area contributed by atoms with Crippen LogP contribution in [0.4, 0.5) is 0 Å². The second-order valence-electron chi connectivity index (χ2n) is 5.18. The highest BCUT2D eigenvalue weighted by Crippen LogP contribution is 2.15. The number of carbonyl (C=O) groups is 1. The molecule has 1 heterocycles. The molecule has 0 unspecified atom stereocenters. The fourth-order valence-electron chi connectivity index (χ4n) is 1.71. The maximum absolute atomic E-state index is 11.8. The van der Waals surface area contributed by atoms with Gasteiger partial charge in [0.2, 0.25) is 5.91 Å². The molecule has 2 nitrogen and oxygen atoms in total. The standard InChI is InChI=1S/C10H21NOSi/c1-13(2,3)9-10(12)11-7-5-4-6-8-11/h4-9H2,1-3H3. The molecular formula is C10H21NOSi. The van der Waals surface area contributed by atoms with E-state index in [1.54, 1.807) is 0 Å². The molecular weight excluding hydrogens is 178 g/mol. The van der Waals surface area contributed by atoms with Crippen molar-refractivity contribution >= 4 is 14.0 Å². The van der Waals surface area contributed by atoms with E-state index < -0.39 is 8.07 Å². The average Bonchev–Trinajstić information content (AvgIpc) is 2.03. The zero-order chi connectivity index (χ0) is 9.90. The van der Waals surface area contributed by atoms with Gasteiger partial charge in [0.15, 0.2) is 0 Å². The van der Waals surface area contributed by atoms with Crippen LogP contribution in [0.3, 0.4) is 0 Å². The largest absolute Gasteiger partial charge is 0.343 e. The van der Waals surface area contributed by atoms with Crippen LogP contribution in [0.2, 0.25) is 25.7 Å². The van der Waals surface area contributed by atoms with Crippen molar-refractivity contribution in [2.75, 3.05) is 13.1 Å². The summed E-state index contributed by atoms with van der Waals surface area (Å²) in [4.78, 5) is 13.8. The van der Waals surface area contributed by atoms with Gasteiger partial charge in [-0.05, 0) is 19.3 Å². The molecule has 0 saturated carbocycles. The second kappa shape index (κ2) is 4.27. The van der Waals surface area contributed by atoms with Gasteiger partial charge in [0.05, 0.1) is 8.07 Å². The summed E-state index contributed by atoms with van der Waals surface area (Å²) < 4.78 is 0. The lowest BCUT2D eigenvalue weighted by atomic mass is 10.1. The molecule has 1 rings (SSSR count). The lowest BCUT2D eigenvalue weighted by Gasteiger charge is -2.29. The summed E-state index contributed by atoms with van der Waals surface area (Å²) in [5.74, 6) is 0.402. The molecule has 0 radical (unpaired) electrons. The Hall–Kier alpha value is -0.313. The second-order valence-corrected chi connectivity index (χ2v) is 10.7. The third kappa shape index (κ3) is 3.94. The smallest absolute Gasteiger partial charge is 0.219 e. The maximum Gasteiger partial charge on any atom is 0.219 e. The van der Waals surface area contributed by atoms with Gasteiger partial charge in [-0.1, -0.05) is 19.6 Å². The molecule has 0 aromatic rings. The Morgan fingerprint density at radius 1 is 1.15 bits per heavy atom. The molecule has 0 N–H and O–H groups in total. The van der Waals surface area contributed by atoms with Gasteiger partial charge < -0.3 is 4.90 Å². The lowest BCUT2D eigenvalue weighted by Crippen LogP contribution is -2.39. The molecule has 1 saturated heterocycles. The van der Waals surface area contributed by atoms with Crippen molar-refractivity contribution in [3.63, 3.8) is 0 Å².